The molecule has 0 atom stereocenters. The van der Waals surface area contributed by atoms with Gasteiger partial charge in [0.15, 0.2) is 6.54 Å². The number of hydrogen-bond donors (Lipinski definition) is 0. The van der Waals surface area contributed by atoms with Crippen molar-refractivity contribution in [1.82, 2.24) is 0 Å². The maximum Gasteiger partial charge on any atom is 0.361 e. The highest BCUT2D eigenvalue weighted by Crippen LogP contribution is 1.96. The number of esters is 1. The first-order chi connectivity index (χ1) is 7.52. The Morgan fingerprint density at radius 1 is 1.19 bits per heavy atom. The molecule has 92 valence electrons. The van der Waals surface area contributed by atoms with Crippen LogP contribution in [-0.4, -0.2) is 57.5 Å². The lowest BCUT2D eigenvalue weighted by molar-refractivity contribution is -0.875. The number of carbonyl (C=O) groups excluding carboxylic acids is 1. The number of carbonyl (C=O) groups is 1. The molecule has 0 amide bonds. The van der Waals surface area contributed by atoms with Crippen LogP contribution in [0, 0.1) is 11.8 Å². The molecule has 0 unspecified atom stereocenters. The normalized spacial score (nSPS) is 10.5. The molecule has 0 aromatic heterocycles. The highest BCUT2D eigenvalue weighted by atomic mass is 16.5. The van der Waals surface area contributed by atoms with Gasteiger partial charge in [-0.3, -0.25) is 0 Å². The second kappa shape index (κ2) is 8.14. The molecule has 4 heteroatoms. The third kappa shape index (κ3) is 8.27. The molecule has 0 aromatic rings. The zero-order valence-corrected chi connectivity index (χ0v) is 10.7. The van der Waals surface area contributed by atoms with E-state index in [2.05, 4.69) is 11.8 Å². The number of hydrogen-bond acceptors (Lipinski definition) is 3. The summed E-state index contributed by atoms with van der Waals surface area (Å²) in [5.74, 6) is 5.72. The fourth-order valence-electron chi connectivity index (χ4n) is 1.09. The van der Waals surface area contributed by atoms with E-state index in [1.807, 2.05) is 21.0 Å². The van der Waals surface area contributed by atoms with Crippen molar-refractivity contribution < 1.29 is 18.8 Å². The van der Waals surface area contributed by atoms with Crippen LogP contribution >= 0.6 is 0 Å². The van der Waals surface area contributed by atoms with Gasteiger partial charge in [0, 0.05) is 6.61 Å². The van der Waals surface area contributed by atoms with E-state index in [9.17, 15) is 4.79 Å². The third-order valence-electron chi connectivity index (χ3n) is 1.87. The maximum atomic E-state index is 11.3. The van der Waals surface area contributed by atoms with Crippen LogP contribution in [0.15, 0.2) is 0 Å². The number of ether oxygens (including phenoxy) is 2. The van der Waals surface area contributed by atoms with Crippen molar-refractivity contribution in [3.05, 3.63) is 0 Å². The quantitative estimate of drug-likeness (QED) is 0.290. The number of rotatable bonds is 6. The van der Waals surface area contributed by atoms with Gasteiger partial charge in [-0.25, -0.2) is 4.79 Å². The van der Waals surface area contributed by atoms with E-state index in [1.165, 1.54) is 0 Å². The van der Waals surface area contributed by atoms with Crippen molar-refractivity contribution in [3.63, 3.8) is 0 Å². The molecule has 0 rings (SSSR count). The van der Waals surface area contributed by atoms with Gasteiger partial charge in [-0.05, 0) is 19.8 Å². The van der Waals surface area contributed by atoms with Crippen molar-refractivity contribution in [2.24, 2.45) is 0 Å². The number of likely N-dealkylation sites (N-methyl/N-ethyl adjacent to an activating group) is 1. The smallest absolute Gasteiger partial charge is 0.361 e. The van der Waals surface area contributed by atoms with Gasteiger partial charge in [-0.2, -0.15) is 0 Å². The van der Waals surface area contributed by atoms with Gasteiger partial charge in [-0.1, -0.05) is 5.92 Å². The molecule has 0 fully saturated rings. The van der Waals surface area contributed by atoms with E-state index in [1.54, 1.807) is 6.92 Å². The van der Waals surface area contributed by atoms with E-state index in [0.717, 1.165) is 0 Å². The molecule has 0 aliphatic carbocycles. The Labute approximate surface area is 98.1 Å². The molecular formula is C12H22NO3+. The Kier molecular flexibility index (Phi) is 7.61. The maximum absolute atomic E-state index is 11.3. The van der Waals surface area contributed by atoms with Crippen LogP contribution in [0.3, 0.4) is 0 Å². The SMILES string of the molecule is CCOCC#CC[N+](C)(C)CC(=O)OCC. The van der Waals surface area contributed by atoms with Gasteiger partial charge in [0.1, 0.15) is 13.2 Å². The van der Waals surface area contributed by atoms with Crippen molar-refractivity contribution in [3.8, 4) is 11.8 Å². The minimum Gasteiger partial charge on any atom is -0.462 e. The van der Waals surface area contributed by atoms with Crippen LogP contribution in [0.2, 0.25) is 0 Å². The molecule has 0 aliphatic heterocycles. The fraction of sp³-hybridized carbons (Fsp3) is 0.750. The molecule has 0 heterocycles. The third-order valence-corrected chi connectivity index (χ3v) is 1.87. The predicted octanol–water partition coefficient (Wildman–Crippen LogP) is 0.666. The first-order valence-corrected chi connectivity index (χ1v) is 5.53. The lowest BCUT2D eigenvalue weighted by Crippen LogP contribution is -2.44. The van der Waals surface area contributed by atoms with Gasteiger partial charge < -0.3 is 14.0 Å². The van der Waals surface area contributed by atoms with E-state index >= 15 is 0 Å². The van der Waals surface area contributed by atoms with E-state index in [0.29, 0.717) is 37.4 Å². The molecule has 4 nitrogen and oxygen atoms in total. The highest BCUT2D eigenvalue weighted by Gasteiger charge is 2.19. The second-order valence-corrected chi connectivity index (χ2v) is 4.05. The summed E-state index contributed by atoms with van der Waals surface area (Å²) in [6, 6.07) is 0. The largest absolute Gasteiger partial charge is 0.462 e. The van der Waals surface area contributed by atoms with Crippen molar-refractivity contribution in [1.29, 1.82) is 0 Å². The Hall–Kier alpha value is -1.05. The average molecular weight is 228 g/mol. The number of quaternary nitrogens is 1. The first-order valence-electron chi connectivity index (χ1n) is 5.53. The predicted molar refractivity (Wildman–Crippen MR) is 62.7 cm³/mol. The zero-order valence-electron chi connectivity index (χ0n) is 10.7. The minimum absolute atomic E-state index is 0.181. The zero-order chi connectivity index (χ0) is 12.4. The number of nitrogens with zero attached hydrogens (tertiary/aromatic N) is 1. The molecule has 0 saturated heterocycles. The molecule has 0 N–H and O–H groups in total. The summed E-state index contributed by atoms with van der Waals surface area (Å²) in [5.41, 5.74) is 0. The van der Waals surface area contributed by atoms with Gasteiger partial charge in [0.05, 0.1) is 20.7 Å². The topological polar surface area (TPSA) is 35.5 Å². The van der Waals surface area contributed by atoms with Gasteiger partial charge in [-0.15, -0.1) is 0 Å². The fourth-order valence-corrected chi connectivity index (χ4v) is 1.09. The highest BCUT2D eigenvalue weighted by molar-refractivity contribution is 5.70. The molecule has 0 saturated carbocycles. The van der Waals surface area contributed by atoms with Crippen LogP contribution in [0.1, 0.15) is 13.8 Å². The molecule has 0 spiro atoms. The summed E-state index contributed by atoms with van der Waals surface area (Å²) in [4.78, 5) is 11.3. The Balaban J connectivity index is 3.92. The first kappa shape index (κ1) is 14.9. The lowest BCUT2D eigenvalue weighted by Gasteiger charge is -2.25. The van der Waals surface area contributed by atoms with Crippen molar-refractivity contribution in [2.45, 2.75) is 13.8 Å². The van der Waals surface area contributed by atoms with Crippen LogP contribution < -0.4 is 0 Å². The molecule has 0 aliphatic rings. The summed E-state index contributed by atoms with van der Waals surface area (Å²) in [5, 5.41) is 0. The van der Waals surface area contributed by atoms with E-state index in [-0.39, 0.29) is 5.97 Å². The summed E-state index contributed by atoms with van der Waals surface area (Å²) in [6.07, 6.45) is 0. The summed E-state index contributed by atoms with van der Waals surface area (Å²) < 4.78 is 10.5. The van der Waals surface area contributed by atoms with E-state index < -0.39 is 0 Å². The summed E-state index contributed by atoms with van der Waals surface area (Å²) >= 11 is 0. The molecule has 0 aromatic carbocycles. The Morgan fingerprint density at radius 2 is 1.88 bits per heavy atom. The monoisotopic (exact) mass is 228 g/mol. The summed E-state index contributed by atoms with van der Waals surface area (Å²) in [6.45, 7) is 6.26. The van der Waals surface area contributed by atoms with Gasteiger partial charge in [0.25, 0.3) is 0 Å². The van der Waals surface area contributed by atoms with Crippen LogP contribution in [0.5, 0.6) is 0 Å². The van der Waals surface area contributed by atoms with Crippen LogP contribution in [-0.2, 0) is 14.3 Å². The van der Waals surface area contributed by atoms with E-state index in [4.69, 9.17) is 9.47 Å². The lowest BCUT2D eigenvalue weighted by atomic mass is 10.4. The Morgan fingerprint density at radius 3 is 2.44 bits per heavy atom. The molecule has 0 bridgehead atoms. The van der Waals surface area contributed by atoms with Crippen LogP contribution in [0.4, 0.5) is 0 Å². The minimum atomic E-state index is -0.181. The standard InChI is InChI=1S/C12H22NO3/c1-5-15-10-8-7-9-13(3,4)11-12(14)16-6-2/h5-6,9-11H2,1-4H3/q+1. The van der Waals surface area contributed by atoms with Gasteiger partial charge in [0.2, 0.25) is 0 Å². The summed E-state index contributed by atoms with van der Waals surface area (Å²) in [7, 11) is 3.90. The Bertz CT molecular complexity index is 263. The molecule has 16 heavy (non-hydrogen) atoms. The van der Waals surface area contributed by atoms with Crippen molar-refractivity contribution >= 4 is 5.97 Å². The molecular weight excluding hydrogens is 206 g/mol. The van der Waals surface area contributed by atoms with Crippen LogP contribution in [0.25, 0.3) is 0 Å². The second-order valence-electron chi connectivity index (χ2n) is 4.05. The van der Waals surface area contributed by atoms with Gasteiger partial charge >= 0.3 is 5.97 Å². The average Bonchev–Trinajstić information content (AvgIpc) is 2.16. The van der Waals surface area contributed by atoms with Crippen molar-refractivity contribution in [2.75, 3.05) is 47.0 Å². The molecule has 0 radical (unpaired) electrons.